The third-order valence-electron chi connectivity index (χ3n) is 4.28. The summed E-state index contributed by atoms with van der Waals surface area (Å²) in [5, 5.41) is 0. The van der Waals surface area contributed by atoms with Gasteiger partial charge in [-0.25, -0.2) is 8.42 Å². The van der Waals surface area contributed by atoms with E-state index in [2.05, 4.69) is 4.90 Å². The van der Waals surface area contributed by atoms with Crippen LogP contribution in [0.15, 0.2) is 45.9 Å². The maximum Gasteiger partial charge on any atom is 0.246 e. The zero-order chi connectivity index (χ0) is 17.9. The maximum absolute atomic E-state index is 13.0. The Morgan fingerprint density at radius 2 is 1.84 bits per heavy atom. The van der Waals surface area contributed by atoms with E-state index in [9.17, 15) is 8.42 Å². The van der Waals surface area contributed by atoms with E-state index in [1.807, 2.05) is 12.1 Å². The Morgan fingerprint density at radius 1 is 1.08 bits per heavy atom. The van der Waals surface area contributed by atoms with Crippen LogP contribution in [0.3, 0.4) is 0 Å². The lowest BCUT2D eigenvalue weighted by molar-refractivity contribution is 0.171. The molecular formula is C17H22N2O5S. The largest absolute Gasteiger partial charge is 0.497 e. The number of hydrogen-bond acceptors (Lipinski definition) is 6. The standard InChI is InChI=1S/C17H22N2O5S/c1-22-14-5-6-17(16(12-14)23-2)25(20,21)19-9-7-18(8-10-19)13-15-4-3-11-24-15/h3-6,11-12H,7-10,13H2,1-2H3. The number of methoxy groups -OCH3 is 2. The Hall–Kier alpha value is -2.03. The molecule has 1 aliphatic rings. The smallest absolute Gasteiger partial charge is 0.246 e. The lowest BCUT2D eigenvalue weighted by atomic mass is 10.3. The summed E-state index contributed by atoms with van der Waals surface area (Å²) in [6.45, 7) is 2.85. The van der Waals surface area contributed by atoms with E-state index in [0.29, 0.717) is 38.5 Å². The van der Waals surface area contributed by atoms with Gasteiger partial charge in [-0.15, -0.1) is 0 Å². The van der Waals surface area contributed by atoms with E-state index in [0.717, 1.165) is 5.76 Å². The van der Waals surface area contributed by atoms with Crippen molar-refractivity contribution in [3.63, 3.8) is 0 Å². The molecular weight excluding hydrogens is 344 g/mol. The predicted molar refractivity (Wildman–Crippen MR) is 92.3 cm³/mol. The number of sulfonamides is 1. The highest BCUT2D eigenvalue weighted by Gasteiger charge is 2.31. The van der Waals surface area contributed by atoms with Crippen LogP contribution in [0.5, 0.6) is 11.5 Å². The summed E-state index contributed by atoms with van der Waals surface area (Å²) in [6.07, 6.45) is 1.64. The second kappa shape index (κ2) is 7.47. The average molecular weight is 366 g/mol. The van der Waals surface area contributed by atoms with Crippen LogP contribution in [0.2, 0.25) is 0 Å². The Labute approximate surface area is 147 Å². The molecule has 1 aromatic carbocycles. The first-order chi connectivity index (χ1) is 12.0. The van der Waals surface area contributed by atoms with E-state index in [-0.39, 0.29) is 10.6 Å². The number of rotatable bonds is 6. The van der Waals surface area contributed by atoms with Crippen LogP contribution < -0.4 is 9.47 Å². The molecule has 2 heterocycles. The van der Waals surface area contributed by atoms with E-state index in [1.165, 1.54) is 24.6 Å². The van der Waals surface area contributed by atoms with Crippen LogP contribution in [0.1, 0.15) is 5.76 Å². The molecule has 8 heteroatoms. The Kier molecular flexibility index (Phi) is 5.31. The molecule has 3 rings (SSSR count). The summed E-state index contributed by atoms with van der Waals surface area (Å²) in [5.74, 6) is 1.73. The number of nitrogens with zero attached hydrogens (tertiary/aromatic N) is 2. The van der Waals surface area contributed by atoms with E-state index >= 15 is 0 Å². The number of piperazine rings is 1. The van der Waals surface area contributed by atoms with Crippen molar-refractivity contribution >= 4 is 10.0 Å². The van der Waals surface area contributed by atoms with Gasteiger partial charge in [0.2, 0.25) is 10.0 Å². The summed E-state index contributed by atoms with van der Waals surface area (Å²) in [7, 11) is -0.630. The SMILES string of the molecule is COc1ccc(S(=O)(=O)N2CCN(Cc3ccco3)CC2)c(OC)c1. The fraction of sp³-hybridized carbons (Fsp3) is 0.412. The molecule has 0 saturated carbocycles. The summed E-state index contributed by atoms with van der Waals surface area (Å²) in [5.41, 5.74) is 0. The van der Waals surface area contributed by atoms with E-state index in [4.69, 9.17) is 13.9 Å². The Bertz CT molecular complexity index is 796. The fourth-order valence-corrected chi connectivity index (χ4v) is 4.44. The summed E-state index contributed by atoms with van der Waals surface area (Å²) < 4.78 is 43.1. The van der Waals surface area contributed by atoms with Gasteiger partial charge in [-0.2, -0.15) is 4.31 Å². The first-order valence-electron chi connectivity index (χ1n) is 8.01. The number of benzene rings is 1. The van der Waals surface area contributed by atoms with Gasteiger partial charge in [0.05, 0.1) is 27.0 Å². The van der Waals surface area contributed by atoms with Crippen molar-refractivity contribution in [1.82, 2.24) is 9.21 Å². The van der Waals surface area contributed by atoms with Gasteiger partial charge in [-0.05, 0) is 24.3 Å². The van der Waals surface area contributed by atoms with Crippen LogP contribution in [0.25, 0.3) is 0 Å². The van der Waals surface area contributed by atoms with Gasteiger partial charge in [0.1, 0.15) is 22.2 Å². The summed E-state index contributed by atoms with van der Waals surface area (Å²) in [4.78, 5) is 2.34. The minimum Gasteiger partial charge on any atom is -0.497 e. The van der Waals surface area contributed by atoms with Crippen molar-refractivity contribution in [3.8, 4) is 11.5 Å². The zero-order valence-corrected chi connectivity index (χ0v) is 15.2. The Morgan fingerprint density at radius 3 is 2.44 bits per heavy atom. The minimum absolute atomic E-state index is 0.162. The molecule has 0 N–H and O–H groups in total. The van der Waals surface area contributed by atoms with Gasteiger partial charge in [-0.3, -0.25) is 4.90 Å². The van der Waals surface area contributed by atoms with Crippen LogP contribution >= 0.6 is 0 Å². The third kappa shape index (κ3) is 3.81. The molecule has 0 unspecified atom stereocenters. The molecule has 0 spiro atoms. The van der Waals surface area contributed by atoms with Gasteiger partial charge in [0.15, 0.2) is 0 Å². The summed E-state index contributed by atoms with van der Waals surface area (Å²) >= 11 is 0. The highest BCUT2D eigenvalue weighted by atomic mass is 32.2. The van der Waals surface area contributed by atoms with Crippen molar-refractivity contribution in [1.29, 1.82) is 0 Å². The molecule has 136 valence electrons. The molecule has 0 radical (unpaired) electrons. The average Bonchev–Trinajstić information content (AvgIpc) is 3.14. The van der Waals surface area contributed by atoms with Crippen molar-refractivity contribution < 1.29 is 22.3 Å². The van der Waals surface area contributed by atoms with E-state index < -0.39 is 10.0 Å². The topological polar surface area (TPSA) is 72.2 Å². The maximum atomic E-state index is 13.0. The molecule has 0 bridgehead atoms. The zero-order valence-electron chi connectivity index (χ0n) is 14.3. The molecule has 7 nitrogen and oxygen atoms in total. The monoisotopic (exact) mass is 366 g/mol. The third-order valence-corrected chi connectivity index (χ3v) is 6.22. The minimum atomic E-state index is -3.61. The van der Waals surface area contributed by atoms with Crippen molar-refractivity contribution in [2.75, 3.05) is 40.4 Å². The van der Waals surface area contributed by atoms with Gasteiger partial charge in [-0.1, -0.05) is 0 Å². The predicted octanol–water partition coefficient (Wildman–Crippen LogP) is 1.80. The molecule has 0 atom stereocenters. The van der Waals surface area contributed by atoms with Gasteiger partial charge in [0, 0.05) is 32.2 Å². The van der Waals surface area contributed by atoms with Crippen LogP contribution in [0.4, 0.5) is 0 Å². The Balaban J connectivity index is 1.71. The van der Waals surface area contributed by atoms with Crippen molar-refractivity contribution in [3.05, 3.63) is 42.4 Å². The van der Waals surface area contributed by atoms with Gasteiger partial charge >= 0.3 is 0 Å². The molecule has 25 heavy (non-hydrogen) atoms. The number of ether oxygens (including phenoxy) is 2. The molecule has 1 fully saturated rings. The number of furan rings is 1. The molecule has 0 amide bonds. The lowest BCUT2D eigenvalue weighted by Crippen LogP contribution is -2.48. The van der Waals surface area contributed by atoms with Crippen LogP contribution in [0, 0.1) is 0 Å². The van der Waals surface area contributed by atoms with Crippen LogP contribution in [-0.4, -0.2) is 58.0 Å². The molecule has 1 aromatic heterocycles. The quantitative estimate of drug-likeness (QED) is 0.776. The van der Waals surface area contributed by atoms with Crippen LogP contribution in [-0.2, 0) is 16.6 Å². The first kappa shape index (κ1) is 17.8. The number of hydrogen-bond donors (Lipinski definition) is 0. The molecule has 1 aliphatic heterocycles. The first-order valence-corrected chi connectivity index (χ1v) is 9.45. The fourth-order valence-electron chi connectivity index (χ4n) is 2.88. The van der Waals surface area contributed by atoms with E-state index in [1.54, 1.807) is 18.4 Å². The summed E-state index contributed by atoms with van der Waals surface area (Å²) in [6, 6.07) is 8.52. The molecule has 1 saturated heterocycles. The van der Waals surface area contributed by atoms with Gasteiger partial charge < -0.3 is 13.9 Å². The van der Waals surface area contributed by atoms with Crippen molar-refractivity contribution in [2.24, 2.45) is 0 Å². The van der Waals surface area contributed by atoms with Crippen molar-refractivity contribution in [2.45, 2.75) is 11.4 Å². The molecule has 2 aromatic rings. The second-order valence-electron chi connectivity index (χ2n) is 5.78. The lowest BCUT2D eigenvalue weighted by Gasteiger charge is -2.33. The van der Waals surface area contributed by atoms with Gasteiger partial charge in [0.25, 0.3) is 0 Å². The highest BCUT2D eigenvalue weighted by Crippen LogP contribution is 2.31. The normalized spacial score (nSPS) is 16.7. The second-order valence-corrected chi connectivity index (χ2v) is 7.68. The highest BCUT2D eigenvalue weighted by molar-refractivity contribution is 7.89. The molecule has 0 aliphatic carbocycles.